The van der Waals surface area contributed by atoms with Crippen LogP contribution < -0.4 is 0 Å². The average molecular weight is 409 g/mol. The van der Waals surface area contributed by atoms with E-state index in [-0.39, 0.29) is 18.3 Å². The Morgan fingerprint density at radius 2 is 2.00 bits per heavy atom. The molecule has 7 heteroatoms. The molecular weight excluding hydrogens is 389 g/mol. The van der Waals surface area contributed by atoms with Crippen molar-refractivity contribution in [3.63, 3.8) is 0 Å². The first kappa shape index (κ1) is 19.3. The summed E-state index contributed by atoms with van der Waals surface area (Å²) in [6, 6.07) is 14.7. The number of ether oxygens (including phenoxy) is 1. The second-order valence-corrected chi connectivity index (χ2v) is 7.80. The number of benzene rings is 2. The number of halogens is 1. The van der Waals surface area contributed by atoms with Crippen LogP contribution in [0.25, 0.3) is 15.8 Å². The Morgan fingerprint density at radius 3 is 2.76 bits per heavy atom. The number of rotatable bonds is 6. The van der Waals surface area contributed by atoms with Gasteiger partial charge in [-0.3, -0.25) is 4.79 Å². The third kappa shape index (κ3) is 3.79. The fourth-order valence-electron chi connectivity index (χ4n) is 3.30. The van der Waals surface area contributed by atoms with Crippen molar-refractivity contribution < 1.29 is 13.9 Å². The summed E-state index contributed by atoms with van der Waals surface area (Å²) >= 11 is 1.30. The minimum atomic E-state index is -0.336. The SMILES string of the molecule is COCc1c(C(=O)N(C)Cc2cnn(-c3ccccc3)c2)sc2cccc(F)c12. The number of nitrogens with zero attached hydrogens (tertiary/aromatic N) is 3. The third-order valence-corrected chi connectivity index (χ3v) is 5.85. The van der Waals surface area contributed by atoms with Crippen LogP contribution in [0.1, 0.15) is 20.8 Å². The van der Waals surface area contributed by atoms with Crippen molar-refractivity contribution in [2.24, 2.45) is 0 Å². The largest absolute Gasteiger partial charge is 0.380 e. The molecule has 0 saturated heterocycles. The van der Waals surface area contributed by atoms with Crippen LogP contribution in [-0.2, 0) is 17.9 Å². The molecular formula is C22H20FN3O2S. The van der Waals surface area contributed by atoms with Crippen LogP contribution in [0.3, 0.4) is 0 Å². The van der Waals surface area contributed by atoms with Crippen molar-refractivity contribution in [3.05, 3.63) is 82.7 Å². The van der Waals surface area contributed by atoms with Crippen LogP contribution in [0, 0.1) is 5.82 Å². The van der Waals surface area contributed by atoms with E-state index >= 15 is 0 Å². The number of hydrogen-bond acceptors (Lipinski definition) is 4. The highest BCUT2D eigenvalue weighted by Crippen LogP contribution is 2.34. The fraction of sp³-hybridized carbons (Fsp3) is 0.182. The molecule has 0 aliphatic heterocycles. The summed E-state index contributed by atoms with van der Waals surface area (Å²) in [4.78, 5) is 15.3. The quantitative estimate of drug-likeness (QED) is 0.466. The van der Waals surface area contributed by atoms with E-state index in [1.54, 1.807) is 36.0 Å². The third-order valence-electron chi connectivity index (χ3n) is 4.67. The molecule has 5 nitrogen and oxygen atoms in total. The lowest BCUT2D eigenvalue weighted by atomic mass is 10.1. The molecule has 0 aliphatic carbocycles. The van der Waals surface area contributed by atoms with E-state index in [0.29, 0.717) is 22.4 Å². The van der Waals surface area contributed by atoms with Crippen LogP contribution in [0.5, 0.6) is 0 Å². The zero-order valence-electron chi connectivity index (χ0n) is 16.1. The predicted molar refractivity (Wildman–Crippen MR) is 112 cm³/mol. The van der Waals surface area contributed by atoms with Crippen molar-refractivity contribution in [3.8, 4) is 5.69 Å². The molecule has 0 aliphatic rings. The second-order valence-electron chi connectivity index (χ2n) is 6.75. The van der Waals surface area contributed by atoms with Gasteiger partial charge in [-0.1, -0.05) is 24.3 Å². The topological polar surface area (TPSA) is 47.4 Å². The van der Waals surface area contributed by atoms with Crippen molar-refractivity contribution in [1.29, 1.82) is 0 Å². The van der Waals surface area contributed by atoms with Crippen molar-refractivity contribution in [1.82, 2.24) is 14.7 Å². The first-order chi connectivity index (χ1) is 14.1. The Balaban J connectivity index is 1.59. The van der Waals surface area contributed by atoms with Crippen LogP contribution >= 0.6 is 11.3 Å². The number of methoxy groups -OCH3 is 1. The van der Waals surface area contributed by atoms with Gasteiger partial charge in [0.2, 0.25) is 0 Å². The molecule has 0 radical (unpaired) electrons. The van der Waals surface area contributed by atoms with E-state index in [4.69, 9.17) is 4.74 Å². The van der Waals surface area contributed by atoms with E-state index in [0.717, 1.165) is 16.0 Å². The van der Waals surface area contributed by atoms with Gasteiger partial charge in [0.15, 0.2) is 0 Å². The summed E-state index contributed by atoms with van der Waals surface area (Å²) in [5, 5.41) is 4.84. The molecule has 4 aromatic rings. The fourth-order valence-corrected chi connectivity index (χ4v) is 4.52. The number of para-hydroxylation sites is 1. The molecule has 2 aromatic heterocycles. The van der Waals surface area contributed by atoms with Crippen molar-refractivity contribution in [2.75, 3.05) is 14.2 Å². The van der Waals surface area contributed by atoms with E-state index in [2.05, 4.69) is 5.10 Å². The lowest BCUT2D eigenvalue weighted by Crippen LogP contribution is -2.26. The van der Waals surface area contributed by atoms with Crippen molar-refractivity contribution in [2.45, 2.75) is 13.2 Å². The maximum Gasteiger partial charge on any atom is 0.264 e. The predicted octanol–water partition coefficient (Wildman–Crippen LogP) is 4.64. The summed E-state index contributed by atoms with van der Waals surface area (Å²) in [5.41, 5.74) is 2.46. The van der Waals surface area contributed by atoms with Gasteiger partial charge in [-0.05, 0) is 24.3 Å². The van der Waals surface area contributed by atoms with Gasteiger partial charge in [0.1, 0.15) is 5.82 Å². The van der Waals surface area contributed by atoms with Gasteiger partial charge in [0.05, 0.1) is 23.4 Å². The summed E-state index contributed by atoms with van der Waals surface area (Å²) in [5.74, 6) is -0.498. The smallest absolute Gasteiger partial charge is 0.264 e. The van der Waals surface area contributed by atoms with Crippen LogP contribution in [-0.4, -0.2) is 34.7 Å². The highest BCUT2D eigenvalue weighted by atomic mass is 32.1. The first-order valence-electron chi connectivity index (χ1n) is 9.11. The number of fused-ring (bicyclic) bond motifs is 1. The average Bonchev–Trinajstić information content (AvgIpc) is 3.34. The standard InChI is InChI=1S/C22H20FN3O2S/c1-25(12-15-11-24-26(13-15)16-7-4-3-5-8-16)22(27)21-17(14-28-2)20-18(23)9-6-10-19(20)29-21/h3-11,13H,12,14H2,1-2H3. The number of carbonyl (C=O) groups excluding carboxylic acids is 1. The molecule has 0 spiro atoms. The molecule has 0 atom stereocenters. The second kappa shape index (κ2) is 8.14. The molecule has 29 heavy (non-hydrogen) atoms. The Hall–Kier alpha value is -3.03. The lowest BCUT2D eigenvalue weighted by Gasteiger charge is -2.16. The van der Waals surface area contributed by atoms with E-state index < -0.39 is 0 Å². The summed E-state index contributed by atoms with van der Waals surface area (Å²) in [6.45, 7) is 0.580. The highest BCUT2D eigenvalue weighted by Gasteiger charge is 2.23. The van der Waals surface area contributed by atoms with Gasteiger partial charge in [-0.15, -0.1) is 11.3 Å². The van der Waals surface area contributed by atoms with Gasteiger partial charge < -0.3 is 9.64 Å². The number of carbonyl (C=O) groups is 1. The van der Waals surface area contributed by atoms with E-state index in [1.807, 2.05) is 42.6 Å². The summed E-state index contributed by atoms with van der Waals surface area (Å²) in [7, 11) is 3.28. The normalized spacial score (nSPS) is 11.1. The van der Waals surface area contributed by atoms with Gasteiger partial charge >= 0.3 is 0 Å². The molecule has 0 saturated carbocycles. The Kier molecular flexibility index (Phi) is 5.42. The Bertz CT molecular complexity index is 1150. The lowest BCUT2D eigenvalue weighted by molar-refractivity contribution is 0.0785. The molecule has 0 bridgehead atoms. The molecule has 0 unspecified atom stereocenters. The zero-order chi connectivity index (χ0) is 20.4. The number of hydrogen-bond donors (Lipinski definition) is 0. The maximum atomic E-state index is 14.4. The van der Waals surface area contributed by atoms with Crippen molar-refractivity contribution >= 4 is 27.3 Å². The molecule has 2 heterocycles. The molecule has 2 aromatic carbocycles. The highest BCUT2D eigenvalue weighted by molar-refractivity contribution is 7.21. The molecule has 1 amide bonds. The number of aromatic nitrogens is 2. The van der Waals surface area contributed by atoms with Crippen LogP contribution in [0.4, 0.5) is 4.39 Å². The Labute approximate surface area is 171 Å². The van der Waals surface area contributed by atoms with Gasteiger partial charge in [0.25, 0.3) is 5.91 Å². The van der Waals surface area contributed by atoms with E-state index in [9.17, 15) is 9.18 Å². The molecule has 0 fully saturated rings. The minimum absolute atomic E-state index is 0.162. The van der Waals surface area contributed by atoms with Gasteiger partial charge in [0, 0.05) is 48.1 Å². The Morgan fingerprint density at radius 1 is 1.21 bits per heavy atom. The summed E-state index contributed by atoms with van der Waals surface area (Å²) < 4.78 is 22.1. The summed E-state index contributed by atoms with van der Waals surface area (Å²) in [6.07, 6.45) is 3.65. The molecule has 0 N–H and O–H groups in total. The zero-order valence-corrected chi connectivity index (χ0v) is 16.9. The van der Waals surface area contributed by atoms with Gasteiger partial charge in [-0.25, -0.2) is 9.07 Å². The maximum absolute atomic E-state index is 14.4. The van der Waals surface area contributed by atoms with Crippen LogP contribution in [0.15, 0.2) is 60.9 Å². The number of thiophene rings is 1. The molecule has 4 rings (SSSR count). The minimum Gasteiger partial charge on any atom is -0.380 e. The first-order valence-corrected chi connectivity index (χ1v) is 9.93. The van der Waals surface area contributed by atoms with Gasteiger partial charge in [-0.2, -0.15) is 5.10 Å². The van der Waals surface area contributed by atoms with Crippen LogP contribution in [0.2, 0.25) is 0 Å². The number of amides is 1. The molecule has 148 valence electrons. The monoisotopic (exact) mass is 409 g/mol. The van der Waals surface area contributed by atoms with E-state index in [1.165, 1.54) is 17.4 Å².